The molecule has 0 heterocycles. The number of hydrogen-bond donors (Lipinski definition) is 2. The molecule has 3 N–H and O–H groups in total. The fraction of sp³-hybridized carbons (Fsp3) is 0.462. The third kappa shape index (κ3) is 2.97. The van der Waals surface area contributed by atoms with Gasteiger partial charge in [0.15, 0.2) is 0 Å². The molecule has 1 aromatic carbocycles. The third-order valence-corrected chi connectivity index (χ3v) is 5.11. The van der Waals surface area contributed by atoms with E-state index in [2.05, 4.69) is 19.2 Å². The first kappa shape index (κ1) is 15.3. The Labute approximate surface area is 123 Å². The van der Waals surface area contributed by atoms with Gasteiger partial charge in [0.05, 0.1) is 4.90 Å². The molecule has 1 amide bonds. The Bertz CT molecular complexity index is 683. The lowest BCUT2D eigenvalue weighted by Gasteiger charge is -2.11. The summed E-state index contributed by atoms with van der Waals surface area (Å²) in [6.45, 7) is 5.65. The van der Waals surface area contributed by atoms with Crippen molar-refractivity contribution in [2.75, 3.05) is 0 Å². The fourth-order valence-electron chi connectivity index (χ4n) is 2.04. The van der Waals surface area contributed by atoms with E-state index in [1.165, 1.54) is 12.1 Å². The Morgan fingerprint density at radius 3 is 2.45 bits per heavy atom. The zero-order chi connectivity index (χ0) is 15.3. The average Bonchev–Trinajstić information content (AvgIpc) is 2.87. The highest BCUT2D eigenvalue weighted by molar-refractivity contribution is 7.89. The van der Waals surface area contributed by atoms with E-state index in [0.717, 1.165) is 6.42 Å². The first-order chi connectivity index (χ1) is 9.02. The summed E-state index contributed by atoms with van der Waals surface area (Å²) in [6.07, 6.45) is 0.903. The molecular formula is C13H17ClN2O3S. The van der Waals surface area contributed by atoms with E-state index in [0.29, 0.717) is 5.56 Å². The second kappa shape index (κ2) is 4.72. The van der Waals surface area contributed by atoms with Crippen LogP contribution in [0.15, 0.2) is 17.0 Å². The highest BCUT2D eigenvalue weighted by Gasteiger charge is 2.46. The molecule has 0 radical (unpaired) electrons. The Hall–Kier alpha value is -1.11. The second-order valence-corrected chi connectivity index (χ2v) is 7.78. The minimum absolute atomic E-state index is 0.0902. The summed E-state index contributed by atoms with van der Waals surface area (Å²) in [5.41, 5.74) is 0.636. The SMILES string of the molecule is Cc1c(Cl)cc(C(=O)NC2CC2(C)C)cc1S(N)(=O)=O. The number of nitrogens with one attached hydrogen (secondary N) is 1. The van der Waals surface area contributed by atoms with Crippen LogP contribution in [-0.2, 0) is 10.0 Å². The van der Waals surface area contributed by atoms with Crippen molar-refractivity contribution in [1.82, 2.24) is 5.32 Å². The van der Waals surface area contributed by atoms with Crippen LogP contribution in [0.3, 0.4) is 0 Å². The summed E-state index contributed by atoms with van der Waals surface area (Å²) >= 11 is 5.98. The number of nitrogens with two attached hydrogens (primary N) is 1. The third-order valence-electron chi connectivity index (χ3n) is 3.68. The summed E-state index contributed by atoms with van der Waals surface area (Å²) in [7, 11) is -3.91. The van der Waals surface area contributed by atoms with Crippen LogP contribution in [0.5, 0.6) is 0 Å². The monoisotopic (exact) mass is 316 g/mol. The number of halogens is 1. The van der Waals surface area contributed by atoms with Gasteiger partial charge in [0.1, 0.15) is 0 Å². The average molecular weight is 317 g/mol. The highest BCUT2D eigenvalue weighted by atomic mass is 35.5. The number of carbonyl (C=O) groups is 1. The maximum atomic E-state index is 12.1. The number of hydrogen-bond acceptors (Lipinski definition) is 3. The molecule has 0 saturated heterocycles. The van der Waals surface area contributed by atoms with Crippen LogP contribution in [0, 0.1) is 12.3 Å². The van der Waals surface area contributed by atoms with Crippen molar-refractivity contribution in [2.24, 2.45) is 10.6 Å². The zero-order valence-electron chi connectivity index (χ0n) is 11.5. The number of rotatable bonds is 3. The number of benzene rings is 1. The number of amides is 1. The zero-order valence-corrected chi connectivity index (χ0v) is 13.1. The van der Waals surface area contributed by atoms with Crippen LogP contribution >= 0.6 is 11.6 Å². The lowest BCUT2D eigenvalue weighted by atomic mass is 10.1. The smallest absolute Gasteiger partial charge is 0.251 e. The molecule has 110 valence electrons. The van der Waals surface area contributed by atoms with Crippen LogP contribution in [0.25, 0.3) is 0 Å². The topological polar surface area (TPSA) is 89.3 Å². The van der Waals surface area contributed by atoms with E-state index in [-0.39, 0.29) is 32.8 Å². The number of primary sulfonamides is 1. The molecule has 5 nitrogen and oxygen atoms in total. The van der Waals surface area contributed by atoms with Crippen LogP contribution in [0.1, 0.15) is 36.2 Å². The summed E-state index contributed by atoms with van der Waals surface area (Å²) in [5, 5.41) is 8.19. The quantitative estimate of drug-likeness (QED) is 0.891. The molecule has 1 atom stereocenters. The maximum Gasteiger partial charge on any atom is 0.251 e. The Kier molecular flexibility index (Phi) is 3.60. The maximum absolute atomic E-state index is 12.1. The Morgan fingerprint density at radius 2 is 2.00 bits per heavy atom. The molecule has 1 aromatic rings. The van der Waals surface area contributed by atoms with Crippen molar-refractivity contribution in [3.8, 4) is 0 Å². The predicted molar refractivity (Wildman–Crippen MR) is 77.2 cm³/mol. The van der Waals surface area contributed by atoms with Crippen molar-refractivity contribution < 1.29 is 13.2 Å². The standard InChI is InChI=1S/C13H17ClN2O3S/c1-7-9(14)4-8(5-10(7)20(15,18)19)12(17)16-11-6-13(11,2)3/h4-5,11H,6H2,1-3H3,(H,16,17)(H2,15,18,19). The minimum Gasteiger partial charge on any atom is -0.349 e. The van der Waals surface area contributed by atoms with Gasteiger partial charge in [-0.05, 0) is 36.5 Å². The van der Waals surface area contributed by atoms with Gasteiger partial charge in [-0.1, -0.05) is 25.4 Å². The molecule has 0 aliphatic heterocycles. The summed E-state index contributed by atoms with van der Waals surface area (Å²) in [6, 6.07) is 2.82. The summed E-state index contributed by atoms with van der Waals surface area (Å²) < 4.78 is 23.0. The molecule has 0 aromatic heterocycles. The van der Waals surface area contributed by atoms with Gasteiger partial charge in [0, 0.05) is 16.6 Å². The summed E-state index contributed by atoms with van der Waals surface area (Å²) in [4.78, 5) is 12.0. The number of sulfonamides is 1. The molecule has 1 fully saturated rings. The van der Waals surface area contributed by atoms with E-state index in [1.54, 1.807) is 6.92 Å². The fourth-order valence-corrected chi connectivity index (χ4v) is 3.14. The van der Waals surface area contributed by atoms with Crippen LogP contribution in [0.4, 0.5) is 0 Å². The van der Waals surface area contributed by atoms with E-state index in [1.807, 2.05) is 0 Å². The van der Waals surface area contributed by atoms with Gasteiger partial charge in [0.2, 0.25) is 10.0 Å². The Morgan fingerprint density at radius 1 is 1.45 bits per heavy atom. The molecule has 0 spiro atoms. The molecule has 1 unspecified atom stereocenters. The number of carbonyl (C=O) groups excluding carboxylic acids is 1. The highest BCUT2D eigenvalue weighted by Crippen LogP contribution is 2.44. The largest absolute Gasteiger partial charge is 0.349 e. The molecule has 0 bridgehead atoms. The van der Waals surface area contributed by atoms with E-state index in [9.17, 15) is 13.2 Å². The minimum atomic E-state index is -3.91. The van der Waals surface area contributed by atoms with Gasteiger partial charge < -0.3 is 5.32 Å². The predicted octanol–water partition coefficient (Wildman–Crippen LogP) is 1.82. The van der Waals surface area contributed by atoms with Crippen LogP contribution in [0.2, 0.25) is 5.02 Å². The molecule has 1 aliphatic carbocycles. The first-order valence-corrected chi connectivity index (χ1v) is 8.08. The van der Waals surface area contributed by atoms with Gasteiger partial charge in [-0.2, -0.15) is 0 Å². The van der Waals surface area contributed by atoms with Gasteiger partial charge in [-0.25, -0.2) is 13.6 Å². The van der Waals surface area contributed by atoms with Crippen molar-refractivity contribution in [1.29, 1.82) is 0 Å². The first-order valence-electron chi connectivity index (χ1n) is 6.16. The normalized spacial score (nSPS) is 20.6. The Balaban J connectivity index is 2.34. The molecule has 1 aliphatic rings. The van der Waals surface area contributed by atoms with Crippen LogP contribution < -0.4 is 10.5 Å². The molecule has 20 heavy (non-hydrogen) atoms. The van der Waals surface area contributed by atoms with Crippen molar-refractivity contribution in [3.05, 3.63) is 28.3 Å². The van der Waals surface area contributed by atoms with E-state index >= 15 is 0 Å². The van der Waals surface area contributed by atoms with Crippen molar-refractivity contribution in [3.63, 3.8) is 0 Å². The van der Waals surface area contributed by atoms with Gasteiger partial charge in [0.25, 0.3) is 5.91 Å². The second-order valence-electron chi connectivity index (χ2n) is 5.84. The van der Waals surface area contributed by atoms with Gasteiger partial charge in [-0.15, -0.1) is 0 Å². The summed E-state index contributed by atoms with van der Waals surface area (Å²) in [5.74, 6) is -0.340. The molecule has 2 rings (SSSR count). The van der Waals surface area contributed by atoms with Gasteiger partial charge in [-0.3, -0.25) is 4.79 Å². The van der Waals surface area contributed by atoms with Crippen LogP contribution in [-0.4, -0.2) is 20.4 Å². The molecule has 7 heteroatoms. The van der Waals surface area contributed by atoms with Gasteiger partial charge >= 0.3 is 0 Å². The van der Waals surface area contributed by atoms with Crippen molar-refractivity contribution in [2.45, 2.75) is 38.1 Å². The molecular weight excluding hydrogens is 300 g/mol. The molecule has 1 saturated carbocycles. The lowest BCUT2D eigenvalue weighted by Crippen LogP contribution is -2.28. The van der Waals surface area contributed by atoms with E-state index in [4.69, 9.17) is 16.7 Å². The van der Waals surface area contributed by atoms with Crippen molar-refractivity contribution >= 4 is 27.5 Å². The van der Waals surface area contributed by atoms with E-state index < -0.39 is 10.0 Å². The lowest BCUT2D eigenvalue weighted by molar-refractivity contribution is 0.0946.